The van der Waals surface area contributed by atoms with Crippen LogP contribution in [-0.4, -0.2) is 26.5 Å². The van der Waals surface area contributed by atoms with Gasteiger partial charge in [-0.25, -0.2) is 9.67 Å². The smallest absolute Gasteiger partial charge is 0.138 e. The van der Waals surface area contributed by atoms with Crippen LogP contribution in [0.1, 0.15) is 50.7 Å². The molecule has 5 heteroatoms. The van der Waals surface area contributed by atoms with Gasteiger partial charge in [-0.1, -0.05) is 19.1 Å². The molecule has 2 aromatic rings. The van der Waals surface area contributed by atoms with Gasteiger partial charge in [0, 0.05) is 12.5 Å². The zero-order valence-electron chi connectivity index (χ0n) is 12.9. The van der Waals surface area contributed by atoms with Gasteiger partial charge in [0.15, 0.2) is 0 Å². The van der Waals surface area contributed by atoms with Crippen LogP contribution in [0.4, 0.5) is 0 Å². The van der Waals surface area contributed by atoms with Crippen LogP contribution >= 0.6 is 0 Å². The van der Waals surface area contributed by atoms with Crippen molar-refractivity contribution in [3.8, 4) is 5.75 Å². The zero-order valence-corrected chi connectivity index (χ0v) is 12.9. The molecular formula is C16H23N3O2. The molecule has 0 aliphatic rings. The molecule has 1 atom stereocenters. The summed E-state index contributed by atoms with van der Waals surface area (Å²) in [5.74, 6) is 1.63. The van der Waals surface area contributed by atoms with E-state index in [0.717, 1.165) is 23.6 Å². The Hall–Kier alpha value is -1.88. The largest absolute Gasteiger partial charge is 0.494 e. The molecule has 114 valence electrons. The molecule has 0 aliphatic carbocycles. The Morgan fingerprint density at radius 3 is 2.57 bits per heavy atom. The second-order valence-electron chi connectivity index (χ2n) is 5.35. The highest BCUT2D eigenvalue weighted by atomic mass is 16.5. The molecule has 0 saturated carbocycles. The number of benzene rings is 1. The first-order valence-electron chi connectivity index (χ1n) is 7.41. The summed E-state index contributed by atoms with van der Waals surface area (Å²) in [5, 5.41) is 14.5. The van der Waals surface area contributed by atoms with Gasteiger partial charge < -0.3 is 9.84 Å². The number of rotatable bonds is 7. The third kappa shape index (κ3) is 4.04. The quantitative estimate of drug-likeness (QED) is 0.851. The second-order valence-corrected chi connectivity index (χ2v) is 5.35. The predicted molar refractivity (Wildman–Crippen MR) is 81.3 cm³/mol. The van der Waals surface area contributed by atoms with Gasteiger partial charge in [0.2, 0.25) is 0 Å². The number of aliphatic hydroxyl groups is 1. The lowest BCUT2D eigenvalue weighted by Crippen LogP contribution is -2.12. The van der Waals surface area contributed by atoms with Crippen molar-refractivity contribution in [2.45, 2.75) is 45.8 Å². The minimum Gasteiger partial charge on any atom is -0.494 e. The lowest BCUT2D eigenvalue weighted by Gasteiger charge is -2.14. The fourth-order valence-corrected chi connectivity index (χ4v) is 2.15. The molecule has 1 heterocycles. The molecule has 0 fully saturated rings. The van der Waals surface area contributed by atoms with Crippen LogP contribution in [0, 0.1) is 0 Å². The monoisotopic (exact) mass is 289 g/mol. The number of ether oxygens (including phenoxy) is 1. The minimum absolute atomic E-state index is 0.236. The van der Waals surface area contributed by atoms with Crippen molar-refractivity contribution in [1.82, 2.24) is 14.8 Å². The second kappa shape index (κ2) is 7.22. The van der Waals surface area contributed by atoms with E-state index in [0.29, 0.717) is 13.0 Å². The van der Waals surface area contributed by atoms with E-state index in [2.05, 4.69) is 17.0 Å². The van der Waals surface area contributed by atoms with Crippen molar-refractivity contribution < 1.29 is 9.84 Å². The first-order valence-corrected chi connectivity index (χ1v) is 7.41. The molecule has 0 spiro atoms. The number of aliphatic hydroxyl groups excluding tert-OH is 1. The van der Waals surface area contributed by atoms with Crippen molar-refractivity contribution >= 4 is 0 Å². The molecule has 5 nitrogen and oxygen atoms in total. The highest BCUT2D eigenvalue weighted by Crippen LogP contribution is 2.21. The molecule has 2 rings (SSSR count). The van der Waals surface area contributed by atoms with Crippen LogP contribution < -0.4 is 4.74 Å². The summed E-state index contributed by atoms with van der Waals surface area (Å²) >= 11 is 0. The Kier molecular flexibility index (Phi) is 5.33. The summed E-state index contributed by atoms with van der Waals surface area (Å²) in [6.07, 6.45) is 2.37. The minimum atomic E-state index is -0.591. The summed E-state index contributed by atoms with van der Waals surface area (Å²) in [6.45, 7) is 6.87. The maximum atomic E-state index is 10.3. The van der Waals surface area contributed by atoms with Crippen LogP contribution in [0.2, 0.25) is 0 Å². The van der Waals surface area contributed by atoms with Crippen LogP contribution in [0.3, 0.4) is 0 Å². The fourth-order valence-electron chi connectivity index (χ4n) is 2.15. The van der Waals surface area contributed by atoms with Crippen molar-refractivity contribution in [2.24, 2.45) is 0 Å². The van der Waals surface area contributed by atoms with Crippen molar-refractivity contribution in [2.75, 3.05) is 6.61 Å². The Labute approximate surface area is 125 Å². The Bertz CT molecular complexity index is 549. The van der Waals surface area contributed by atoms with E-state index in [4.69, 9.17) is 4.74 Å². The third-order valence-electron chi connectivity index (χ3n) is 3.25. The van der Waals surface area contributed by atoms with E-state index in [1.54, 1.807) is 0 Å². The van der Waals surface area contributed by atoms with Crippen molar-refractivity contribution in [1.29, 1.82) is 0 Å². The summed E-state index contributed by atoms with van der Waals surface area (Å²) in [7, 11) is 0. The lowest BCUT2D eigenvalue weighted by molar-refractivity contribution is 0.173. The molecule has 1 aromatic carbocycles. The first-order chi connectivity index (χ1) is 10.1. The first kappa shape index (κ1) is 15.5. The van der Waals surface area contributed by atoms with Crippen molar-refractivity contribution in [3.63, 3.8) is 0 Å². The van der Waals surface area contributed by atoms with Gasteiger partial charge in [-0.15, -0.1) is 0 Å². The number of aromatic nitrogens is 3. The lowest BCUT2D eigenvalue weighted by atomic mass is 10.1. The third-order valence-corrected chi connectivity index (χ3v) is 3.25. The molecule has 21 heavy (non-hydrogen) atoms. The van der Waals surface area contributed by atoms with Crippen LogP contribution in [0.15, 0.2) is 30.6 Å². The normalized spacial score (nSPS) is 12.6. The van der Waals surface area contributed by atoms with Crippen LogP contribution in [-0.2, 0) is 6.42 Å². The Balaban J connectivity index is 2.02. The van der Waals surface area contributed by atoms with E-state index >= 15 is 0 Å². The zero-order chi connectivity index (χ0) is 15.2. The molecule has 1 N–H and O–H groups in total. The van der Waals surface area contributed by atoms with Gasteiger partial charge >= 0.3 is 0 Å². The van der Waals surface area contributed by atoms with Gasteiger partial charge in [-0.2, -0.15) is 5.10 Å². The van der Waals surface area contributed by atoms with E-state index in [-0.39, 0.29) is 6.04 Å². The van der Waals surface area contributed by atoms with Gasteiger partial charge in [-0.3, -0.25) is 0 Å². The summed E-state index contributed by atoms with van der Waals surface area (Å²) in [6, 6.07) is 7.81. The number of nitrogens with zero attached hydrogens (tertiary/aromatic N) is 3. The molecular weight excluding hydrogens is 266 g/mol. The van der Waals surface area contributed by atoms with Crippen LogP contribution in [0.5, 0.6) is 5.75 Å². The topological polar surface area (TPSA) is 60.2 Å². The number of hydrogen-bond acceptors (Lipinski definition) is 4. The van der Waals surface area contributed by atoms with Gasteiger partial charge in [0.25, 0.3) is 0 Å². The molecule has 1 unspecified atom stereocenters. The van der Waals surface area contributed by atoms with Crippen LogP contribution in [0.25, 0.3) is 0 Å². The summed E-state index contributed by atoms with van der Waals surface area (Å²) < 4.78 is 7.37. The highest BCUT2D eigenvalue weighted by Gasteiger charge is 2.14. The van der Waals surface area contributed by atoms with E-state index in [1.165, 1.54) is 6.33 Å². The van der Waals surface area contributed by atoms with E-state index in [9.17, 15) is 5.11 Å². The Morgan fingerprint density at radius 1 is 1.24 bits per heavy atom. The van der Waals surface area contributed by atoms with Crippen molar-refractivity contribution in [3.05, 3.63) is 42.0 Å². The highest BCUT2D eigenvalue weighted by molar-refractivity contribution is 5.28. The average molecular weight is 289 g/mol. The SMILES string of the molecule is CCCOc1ccc(C(O)Cc2ncnn2C(C)C)cc1. The average Bonchev–Trinajstić information content (AvgIpc) is 2.94. The maximum Gasteiger partial charge on any atom is 0.138 e. The van der Waals surface area contributed by atoms with E-state index in [1.807, 2.05) is 42.8 Å². The molecule has 1 aromatic heterocycles. The standard InChI is InChI=1S/C16H23N3O2/c1-4-9-21-14-7-5-13(6-8-14)15(20)10-16-17-11-18-19(16)12(2)3/h5-8,11-12,15,20H,4,9-10H2,1-3H3. The predicted octanol–water partition coefficient (Wildman–Crippen LogP) is 2.92. The Morgan fingerprint density at radius 2 is 1.95 bits per heavy atom. The molecule has 0 radical (unpaired) electrons. The molecule has 0 saturated heterocycles. The summed E-state index contributed by atoms with van der Waals surface area (Å²) in [5.41, 5.74) is 0.858. The fraction of sp³-hybridized carbons (Fsp3) is 0.500. The summed E-state index contributed by atoms with van der Waals surface area (Å²) in [4.78, 5) is 4.23. The maximum absolute atomic E-state index is 10.3. The molecule has 0 amide bonds. The van der Waals surface area contributed by atoms with Gasteiger partial charge in [0.05, 0.1) is 12.7 Å². The molecule has 0 aliphatic heterocycles. The van der Waals surface area contributed by atoms with Gasteiger partial charge in [-0.05, 0) is 38.0 Å². The van der Waals surface area contributed by atoms with Gasteiger partial charge in [0.1, 0.15) is 17.9 Å². The van der Waals surface area contributed by atoms with E-state index < -0.39 is 6.10 Å². The molecule has 0 bridgehead atoms. The number of hydrogen-bond donors (Lipinski definition) is 1.